The molecule has 8 rings (SSSR count). The molecular formula is C40H39N9O6. The van der Waals surface area contributed by atoms with Crippen molar-refractivity contribution in [2.45, 2.75) is 51.1 Å². The Bertz CT molecular complexity index is 2300. The average Bonchev–Trinajstić information content (AvgIpc) is 3.69. The van der Waals surface area contributed by atoms with E-state index < -0.39 is 29.7 Å². The first-order valence-electron chi connectivity index (χ1n) is 18.4. The number of aryl methyl sites for hydroxylation is 1. The van der Waals surface area contributed by atoms with Gasteiger partial charge >= 0.3 is 0 Å². The molecule has 3 aliphatic rings. The minimum Gasteiger partial charge on any atom is -0.457 e. The average molecular weight is 742 g/mol. The lowest BCUT2D eigenvalue weighted by Crippen LogP contribution is -2.54. The van der Waals surface area contributed by atoms with Crippen molar-refractivity contribution < 1.29 is 28.7 Å². The number of piperazine rings is 1. The predicted octanol–water partition coefficient (Wildman–Crippen LogP) is 4.18. The number of hydrogen-bond donors (Lipinski definition) is 2. The van der Waals surface area contributed by atoms with Crippen LogP contribution in [0.25, 0.3) is 22.3 Å². The normalized spacial score (nSPS) is 17.2. The molecule has 5 amide bonds. The van der Waals surface area contributed by atoms with Crippen LogP contribution in [0.2, 0.25) is 0 Å². The molecule has 1 atom stereocenters. The molecule has 0 saturated carbocycles. The number of nitrogens with one attached hydrogen (secondary N) is 1. The monoisotopic (exact) mass is 741 g/mol. The molecule has 15 nitrogen and oxygen atoms in total. The summed E-state index contributed by atoms with van der Waals surface area (Å²) in [5, 5.41) is 7.79. The SMILES string of the molecule is Nc1ncnc2c1c(-c1ccc(Oc3ccccc3)cc1)nn2CCCCCC(=O)N1CCN(c2ccc3c(c2)C(=O)N(C2CCC(=O)NC2=O)C3=O)CC1. The Morgan fingerprint density at radius 3 is 2.35 bits per heavy atom. The van der Waals surface area contributed by atoms with E-state index in [1.807, 2.05) is 64.2 Å². The van der Waals surface area contributed by atoms with Gasteiger partial charge < -0.3 is 20.3 Å². The van der Waals surface area contributed by atoms with Crippen LogP contribution in [0.15, 0.2) is 79.1 Å². The number of nitrogen functional groups attached to an aromatic ring is 1. The van der Waals surface area contributed by atoms with Gasteiger partial charge in [0, 0.05) is 56.8 Å². The summed E-state index contributed by atoms with van der Waals surface area (Å²) in [5.41, 5.74) is 9.79. The van der Waals surface area contributed by atoms with Crippen molar-refractivity contribution in [1.82, 2.24) is 34.9 Å². The van der Waals surface area contributed by atoms with E-state index in [4.69, 9.17) is 15.6 Å². The maximum absolute atomic E-state index is 13.3. The molecule has 5 heterocycles. The number of hydrogen-bond acceptors (Lipinski definition) is 11. The van der Waals surface area contributed by atoms with Gasteiger partial charge in [-0.15, -0.1) is 0 Å². The number of rotatable bonds is 11. The third-order valence-corrected chi connectivity index (χ3v) is 10.3. The van der Waals surface area contributed by atoms with Crippen LogP contribution in [0.3, 0.4) is 0 Å². The molecule has 2 fully saturated rings. The number of amides is 5. The Morgan fingerprint density at radius 2 is 1.58 bits per heavy atom. The summed E-state index contributed by atoms with van der Waals surface area (Å²) < 4.78 is 7.80. The maximum atomic E-state index is 13.3. The number of benzene rings is 3. The Balaban J connectivity index is 0.821. The minimum absolute atomic E-state index is 0.0662. The van der Waals surface area contributed by atoms with Crippen molar-refractivity contribution in [3.63, 3.8) is 0 Å². The van der Waals surface area contributed by atoms with Crippen LogP contribution in [-0.2, 0) is 20.9 Å². The van der Waals surface area contributed by atoms with E-state index in [1.165, 1.54) is 6.33 Å². The van der Waals surface area contributed by atoms with Crippen molar-refractivity contribution in [3.05, 3.63) is 90.3 Å². The maximum Gasteiger partial charge on any atom is 0.262 e. The van der Waals surface area contributed by atoms with Crippen LogP contribution in [0.4, 0.5) is 11.5 Å². The number of para-hydroxylation sites is 1. The highest BCUT2D eigenvalue weighted by Gasteiger charge is 2.44. The van der Waals surface area contributed by atoms with Gasteiger partial charge in [-0.1, -0.05) is 24.6 Å². The lowest BCUT2D eigenvalue weighted by atomic mass is 10.0. The van der Waals surface area contributed by atoms with E-state index in [0.29, 0.717) is 67.4 Å². The van der Waals surface area contributed by atoms with Crippen LogP contribution >= 0.6 is 0 Å². The zero-order valence-electron chi connectivity index (χ0n) is 30.0. The van der Waals surface area contributed by atoms with Gasteiger partial charge in [-0.3, -0.25) is 34.2 Å². The van der Waals surface area contributed by atoms with Gasteiger partial charge in [0.15, 0.2) is 5.65 Å². The molecular weight excluding hydrogens is 702 g/mol. The standard InChI is InChI=1S/C40H39N9O6/c41-36-34-35(25-10-13-28(14-11-25)55-27-7-3-1-4-8-27)45-48(37(34)43-24-42-36)18-6-2-5-9-33(51)47-21-19-46(20-22-47)26-12-15-29-30(23-26)40(54)49(39(29)53)31-16-17-32(50)44-38(31)52/h1,3-4,7-8,10-15,23-24,31H,2,5-6,9,16-22H2,(H2,41,42,43)(H,44,50,52). The molecule has 0 radical (unpaired) electrons. The van der Waals surface area contributed by atoms with Crippen LogP contribution in [0.5, 0.6) is 11.5 Å². The van der Waals surface area contributed by atoms with Crippen molar-refractivity contribution in [3.8, 4) is 22.8 Å². The predicted molar refractivity (Wildman–Crippen MR) is 202 cm³/mol. The summed E-state index contributed by atoms with van der Waals surface area (Å²) >= 11 is 0. The fraction of sp³-hybridized carbons (Fsp3) is 0.300. The molecule has 0 spiro atoms. The summed E-state index contributed by atoms with van der Waals surface area (Å²) in [7, 11) is 0. The number of nitrogens with zero attached hydrogens (tertiary/aromatic N) is 7. The van der Waals surface area contributed by atoms with E-state index >= 15 is 0 Å². The lowest BCUT2D eigenvalue weighted by Gasteiger charge is -2.36. The summed E-state index contributed by atoms with van der Waals surface area (Å²) in [5.74, 6) is -0.209. The van der Waals surface area contributed by atoms with Gasteiger partial charge in [-0.05, 0) is 73.9 Å². The molecule has 55 heavy (non-hydrogen) atoms. The Labute approximate surface area is 316 Å². The number of aromatic nitrogens is 4. The lowest BCUT2D eigenvalue weighted by molar-refractivity contribution is -0.136. The zero-order valence-corrected chi connectivity index (χ0v) is 30.0. The number of nitrogens with two attached hydrogens (primary N) is 1. The van der Waals surface area contributed by atoms with Gasteiger partial charge in [-0.25, -0.2) is 14.6 Å². The second-order valence-electron chi connectivity index (χ2n) is 13.8. The highest BCUT2D eigenvalue weighted by atomic mass is 16.5. The minimum atomic E-state index is -1.01. The molecule has 3 aromatic carbocycles. The fourth-order valence-electron chi connectivity index (χ4n) is 7.44. The zero-order chi connectivity index (χ0) is 38.1. The summed E-state index contributed by atoms with van der Waals surface area (Å²) in [6, 6.07) is 21.3. The van der Waals surface area contributed by atoms with Gasteiger partial charge in [0.05, 0.1) is 16.5 Å². The van der Waals surface area contributed by atoms with Crippen molar-refractivity contribution in [2.24, 2.45) is 0 Å². The van der Waals surface area contributed by atoms with Gasteiger partial charge in [0.2, 0.25) is 17.7 Å². The summed E-state index contributed by atoms with van der Waals surface area (Å²) in [4.78, 5) is 77.1. The molecule has 2 saturated heterocycles. The van der Waals surface area contributed by atoms with E-state index in [9.17, 15) is 24.0 Å². The summed E-state index contributed by atoms with van der Waals surface area (Å²) in [6.45, 7) is 2.83. The number of anilines is 2. The van der Waals surface area contributed by atoms with E-state index in [0.717, 1.165) is 41.2 Å². The number of carbonyl (C=O) groups is 5. The molecule has 2 aromatic heterocycles. The molecule has 280 valence electrons. The highest BCUT2D eigenvalue weighted by molar-refractivity contribution is 6.23. The fourth-order valence-corrected chi connectivity index (χ4v) is 7.44. The number of ether oxygens (including phenoxy) is 1. The van der Waals surface area contributed by atoms with E-state index in [1.54, 1.807) is 18.2 Å². The topological polar surface area (TPSA) is 186 Å². The first-order valence-corrected chi connectivity index (χ1v) is 18.4. The largest absolute Gasteiger partial charge is 0.457 e. The first-order chi connectivity index (χ1) is 26.7. The van der Waals surface area contributed by atoms with Gasteiger partial charge in [-0.2, -0.15) is 5.10 Å². The molecule has 0 aliphatic carbocycles. The number of fused-ring (bicyclic) bond motifs is 2. The van der Waals surface area contributed by atoms with Crippen molar-refractivity contribution in [2.75, 3.05) is 36.8 Å². The van der Waals surface area contributed by atoms with E-state index in [2.05, 4.69) is 20.2 Å². The third kappa shape index (κ3) is 7.07. The van der Waals surface area contributed by atoms with Crippen LogP contribution in [0.1, 0.15) is 59.2 Å². The van der Waals surface area contributed by atoms with Gasteiger partial charge in [0.25, 0.3) is 11.8 Å². The number of piperidine rings is 1. The number of imide groups is 2. The van der Waals surface area contributed by atoms with Crippen LogP contribution in [0, 0.1) is 0 Å². The highest BCUT2D eigenvalue weighted by Crippen LogP contribution is 2.33. The Morgan fingerprint density at radius 1 is 0.836 bits per heavy atom. The van der Waals surface area contributed by atoms with Crippen molar-refractivity contribution >= 4 is 52.1 Å². The number of unbranched alkanes of at least 4 members (excludes halogenated alkanes) is 2. The third-order valence-electron chi connectivity index (χ3n) is 10.3. The Kier molecular flexibility index (Phi) is 9.66. The van der Waals surface area contributed by atoms with Gasteiger partial charge in [0.1, 0.15) is 35.4 Å². The van der Waals surface area contributed by atoms with Crippen LogP contribution < -0.4 is 20.7 Å². The second kappa shape index (κ2) is 15.0. The molecule has 15 heteroatoms. The molecule has 3 aliphatic heterocycles. The number of carbonyl (C=O) groups excluding carboxylic acids is 5. The summed E-state index contributed by atoms with van der Waals surface area (Å²) in [6.07, 6.45) is 4.40. The van der Waals surface area contributed by atoms with Crippen LogP contribution in [-0.4, -0.2) is 91.3 Å². The Hall–Kier alpha value is -6.64. The quantitative estimate of drug-likeness (QED) is 0.146. The smallest absolute Gasteiger partial charge is 0.262 e. The molecule has 3 N–H and O–H groups in total. The molecule has 5 aromatic rings. The molecule has 1 unspecified atom stereocenters. The van der Waals surface area contributed by atoms with E-state index in [-0.39, 0.29) is 29.9 Å². The molecule has 0 bridgehead atoms. The first kappa shape index (κ1) is 35.4. The second-order valence-corrected chi connectivity index (χ2v) is 13.8. The van der Waals surface area contributed by atoms with Crippen molar-refractivity contribution in [1.29, 1.82) is 0 Å².